The third-order valence-electron chi connectivity index (χ3n) is 2.78. The first-order valence-electron chi connectivity index (χ1n) is 5.92. The Kier molecular flexibility index (Phi) is 3.44. The maximum Gasteiger partial charge on any atom is 0.180 e. The highest BCUT2D eigenvalue weighted by Gasteiger charge is 2.06. The molecule has 1 N–H and O–H groups in total. The molecule has 0 atom stereocenters. The summed E-state index contributed by atoms with van der Waals surface area (Å²) in [4.78, 5) is 0. The molecule has 3 aromatic rings. The van der Waals surface area contributed by atoms with Gasteiger partial charge in [0.15, 0.2) is 3.95 Å². The quantitative estimate of drug-likeness (QED) is 0.694. The van der Waals surface area contributed by atoms with Crippen LogP contribution in [0, 0.1) is 3.95 Å². The van der Waals surface area contributed by atoms with Gasteiger partial charge in [-0.15, -0.1) is 11.3 Å². The molecule has 0 aliphatic heterocycles. The number of anilines is 1. The second kappa shape index (κ2) is 5.38. The molecule has 0 unspecified atom stereocenters. The van der Waals surface area contributed by atoms with Crippen molar-refractivity contribution in [3.8, 4) is 11.3 Å². The molecule has 4 heteroatoms. The Hall–Kier alpha value is -1.91. The summed E-state index contributed by atoms with van der Waals surface area (Å²) < 4.78 is 2.76. The zero-order chi connectivity index (χ0) is 13.1. The first kappa shape index (κ1) is 12.1. The fourth-order valence-electron chi connectivity index (χ4n) is 1.86. The molecule has 0 fully saturated rings. The van der Waals surface area contributed by atoms with Crippen LogP contribution in [0.1, 0.15) is 0 Å². The Morgan fingerprint density at radius 1 is 0.895 bits per heavy atom. The molecule has 0 aliphatic carbocycles. The number of rotatable bonds is 3. The number of nitrogens with zero attached hydrogens (tertiary/aromatic N) is 1. The van der Waals surface area contributed by atoms with Crippen molar-refractivity contribution in [2.24, 2.45) is 0 Å². The van der Waals surface area contributed by atoms with Gasteiger partial charge in [0.25, 0.3) is 0 Å². The van der Waals surface area contributed by atoms with Crippen molar-refractivity contribution < 1.29 is 0 Å². The number of benzene rings is 2. The van der Waals surface area contributed by atoms with Gasteiger partial charge in [0.2, 0.25) is 0 Å². The van der Waals surface area contributed by atoms with Gasteiger partial charge in [-0.05, 0) is 24.4 Å². The summed E-state index contributed by atoms with van der Waals surface area (Å²) in [6.07, 6.45) is 0. The van der Waals surface area contributed by atoms with Gasteiger partial charge in [0.05, 0.1) is 11.4 Å². The van der Waals surface area contributed by atoms with Crippen LogP contribution in [-0.2, 0) is 0 Å². The van der Waals surface area contributed by atoms with E-state index in [4.69, 9.17) is 12.2 Å². The third kappa shape index (κ3) is 2.59. The number of thiazole rings is 1. The number of nitrogens with one attached hydrogen (secondary N) is 1. The minimum atomic E-state index is 0.808. The number of hydrogen-bond donors (Lipinski definition) is 1. The van der Waals surface area contributed by atoms with Crippen molar-refractivity contribution in [2.45, 2.75) is 0 Å². The molecule has 3 rings (SSSR count). The van der Waals surface area contributed by atoms with Crippen molar-refractivity contribution >= 4 is 29.2 Å². The van der Waals surface area contributed by atoms with Crippen LogP contribution >= 0.6 is 23.6 Å². The maximum absolute atomic E-state index is 5.39. The molecule has 0 bridgehead atoms. The minimum absolute atomic E-state index is 0.808. The number of para-hydroxylation sites is 1. The lowest BCUT2D eigenvalue weighted by molar-refractivity contribution is 0.972. The fraction of sp³-hybridized carbons (Fsp3) is 0. The average molecular weight is 284 g/mol. The van der Waals surface area contributed by atoms with E-state index in [1.54, 1.807) is 11.3 Å². The van der Waals surface area contributed by atoms with Crippen LogP contribution in [0.4, 0.5) is 5.69 Å². The molecule has 0 amide bonds. The zero-order valence-corrected chi connectivity index (χ0v) is 11.7. The van der Waals surface area contributed by atoms with Gasteiger partial charge in [0, 0.05) is 10.9 Å². The van der Waals surface area contributed by atoms with Gasteiger partial charge in [0.1, 0.15) is 0 Å². The number of aromatic nitrogens is 1. The Labute approximate surface area is 120 Å². The van der Waals surface area contributed by atoms with Crippen molar-refractivity contribution in [1.82, 2.24) is 4.68 Å². The molecule has 2 aromatic carbocycles. The predicted molar refractivity (Wildman–Crippen MR) is 84.0 cm³/mol. The summed E-state index contributed by atoms with van der Waals surface area (Å²) in [7, 11) is 0. The van der Waals surface area contributed by atoms with E-state index in [1.165, 1.54) is 0 Å². The Balaban J connectivity index is 2.03. The Morgan fingerprint density at radius 2 is 1.53 bits per heavy atom. The molecule has 94 valence electrons. The SMILES string of the molecule is S=c1scc(-c2ccccc2)n1Nc1ccccc1. The van der Waals surface area contributed by atoms with Crippen LogP contribution in [0.5, 0.6) is 0 Å². The molecule has 1 aromatic heterocycles. The maximum atomic E-state index is 5.39. The molecule has 0 radical (unpaired) electrons. The summed E-state index contributed by atoms with van der Waals surface area (Å²) >= 11 is 6.95. The normalized spacial score (nSPS) is 10.3. The second-order valence-electron chi connectivity index (χ2n) is 4.07. The van der Waals surface area contributed by atoms with Crippen molar-refractivity contribution in [3.05, 3.63) is 70.0 Å². The lowest BCUT2D eigenvalue weighted by Crippen LogP contribution is -2.09. The monoisotopic (exact) mass is 284 g/mol. The van der Waals surface area contributed by atoms with Gasteiger partial charge in [-0.1, -0.05) is 48.5 Å². The van der Waals surface area contributed by atoms with Crippen molar-refractivity contribution in [3.63, 3.8) is 0 Å². The van der Waals surface area contributed by atoms with Gasteiger partial charge in [-0.3, -0.25) is 5.43 Å². The summed E-state index contributed by atoms with van der Waals surface area (Å²) in [6.45, 7) is 0. The largest absolute Gasteiger partial charge is 0.292 e. The summed E-state index contributed by atoms with van der Waals surface area (Å²) in [5.41, 5.74) is 6.60. The smallest absolute Gasteiger partial charge is 0.180 e. The van der Waals surface area contributed by atoms with Crippen LogP contribution < -0.4 is 5.43 Å². The molecule has 19 heavy (non-hydrogen) atoms. The van der Waals surface area contributed by atoms with E-state index >= 15 is 0 Å². The Bertz CT molecular complexity index is 715. The lowest BCUT2D eigenvalue weighted by Gasteiger charge is -2.11. The van der Waals surface area contributed by atoms with E-state index in [-0.39, 0.29) is 0 Å². The summed E-state index contributed by atoms with van der Waals surface area (Å²) in [5.74, 6) is 0. The van der Waals surface area contributed by atoms with Crippen LogP contribution in [0.15, 0.2) is 66.0 Å². The molecule has 1 heterocycles. The second-order valence-corrected chi connectivity index (χ2v) is 5.57. The van der Waals surface area contributed by atoms with Gasteiger partial charge < -0.3 is 0 Å². The first-order valence-corrected chi connectivity index (χ1v) is 7.21. The molecular weight excluding hydrogens is 272 g/mol. The fourth-order valence-corrected chi connectivity index (χ4v) is 2.86. The average Bonchev–Trinajstić information content (AvgIpc) is 2.82. The zero-order valence-electron chi connectivity index (χ0n) is 10.1. The molecule has 0 saturated carbocycles. The molecule has 0 saturated heterocycles. The van der Waals surface area contributed by atoms with Gasteiger partial charge in [-0.2, -0.15) is 0 Å². The van der Waals surface area contributed by atoms with Gasteiger partial charge >= 0.3 is 0 Å². The molecule has 2 nitrogen and oxygen atoms in total. The minimum Gasteiger partial charge on any atom is -0.292 e. The Morgan fingerprint density at radius 3 is 2.21 bits per heavy atom. The topological polar surface area (TPSA) is 17.0 Å². The third-order valence-corrected chi connectivity index (χ3v) is 3.98. The van der Waals surface area contributed by atoms with E-state index in [2.05, 4.69) is 22.9 Å². The van der Waals surface area contributed by atoms with E-state index in [9.17, 15) is 0 Å². The van der Waals surface area contributed by atoms with E-state index in [0.717, 1.165) is 20.9 Å². The van der Waals surface area contributed by atoms with E-state index in [0.29, 0.717) is 0 Å². The highest BCUT2D eigenvalue weighted by molar-refractivity contribution is 7.73. The van der Waals surface area contributed by atoms with Crippen LogP contribution in [0.25, 0.3) is 11.3 Å². The van der Waals surface area contributed by atoms with Crippen molar-refractivity contribution in [2.75, 3.05) is 5.43 Å². The van der Waals surface area contributed by atoms with Crippen LogP contribution in [0.3, 0.4) is 0 Å². The van der Waals surface area contributed by atoms with Gasteiger partial charge in [-0.25, -0.2) is 4.68 Å². The standard InChI is InChI=1S/C15H12N2S2/c18-15-17(16-13-9-5-2-6-10-13)14(11-19-15)12-7-3-1-4-8-12/h1-11,16H. The van der Waals surface area contributed by atoms with E-state index in [1.807, 2.05) is 53.2 Å². The highest BCUT2D eigenvalue weighted by atomic mass is 32.1. The first-order chi connectivity index (χ1) is 9.34. The lowest BCUT2D eigenvalue weighted by atomic mass is 10.2. The van der Waals surface area contributed by atoms with Crippen LogP contribution in [0.2, 0.25) is 0 Å². The molecular formula is C15H12N2S2. The highest BCUT2D eigenvalue weighted by Crippen LogP contribution is 2.24. The van der Waals surface area contributed by atoms with E-state index < -0.39 is 0 Å². The summed E-state index contributed by atoms with van der Waals surface area (Å²) in [6, 6.07) is 20.3. The van der Waals surface area contributed by atoms with Crippen LogP contribution in [-0.4, -0.2) is 4.68 Å². The van der Waals surface area contributed by atoms with Crippen molar-refractivity contribution in [1.29, 1.82) is 0 Å². The predicted octanol–water partition coefficient (Wildman–Crippen LogP) is 4.82. The molecule has 0 aliphatic rings. The molecule has 0 spiro atoms. The number of hydrogen-bond acceptors (Lipinski definition) is 3. The summed E-state index contributed by atoms with van der Waals surface area (Å²) in [5, 5.41) is 2.08.